The molecule has 6 nitrogen and oxygen atoms in total. The maximum absolute atomic E-state index is 11.0. The predicted octanol–water partition coefficient (Wildman–Crippen LogP) is 3.29. The van der Waals surface area contributed by atoms with Gasteiger partial charge >= 0.3 is 5.97 Å². The number of nitro groups is 1. The van der Waals surface area contributed by atoms with Crippen LogP contribution in [-0.2, 0) is 11.2 Å². The first-order valence-electron chi connectivity index (χ1n) is 6.91. The Hall–Kier alpha value is -2.24. The minimum atomic E-state index is -0.781. The number of aryl methyl sites for hydroxylation is 1. The highest BCUT2D eigenvalue weighted by Gasteiger charge is 2.17. The lowest BCUT2D eigenvalue weighted by molar-refractivity contribution is -0.385. The molecule has 0 aromatic heterocycles. The van der Waals surface area contributed by atoms with Crippen molar-refractivity contribution in [2.45, 2.75) is 45.4 Å². The van der Waals surface area contributed by atoms with Crippen molar-refractivity contribution >= 4 is 17.9 Å². The number of carboxylic acids is 1. The van der Waals surface area contributed by atoms with Gasteiger partial charge < -0.3 is 5.11 Å². The Bertz CT molecular complexity index is 539. The zero-order valence-electron chi connectivity index (χ0n) is 12.0. The van der Waals surface area contributed by atoms with E-state index in [4.69, 9.17) is 5.11 Å². The number of hydrogen-bond donors (Lipinski definition) is 1. The Morgan fingerprint density at radius 1 is 1.29 bits per heavy atom. The number of nitrogens with zero attached hydrogens (tertiary/aromatic N) is 1. The molecule has 114 valence electrons. The van der Waals surface area contributed by atoms with Crippen LogP contribution in [0.5, 0.6) is 0 Å². The number of carbonyl (C=O) groups excluding carboxylic acids is 1. The molecule has 0 unspecified atom stereocenters. The van der Waals surface area contributed by atoms with E-state index in [9.17, 15) is 19.7 Å². The molecule has 0 atom stereocenters. The van der Waals surface area contributed by atoms with E-state index < -0.39 is 10.9 Å². The van der Waals surface area contributed by atoms with Crippen LogP contribution in [-0.4, -0.2) is 22.3 Å². The normalized spacial score (nSPS) is 10.3. The Balaban J connectivity index is 2.58. The summed E-state index contributed by atoms with van der Waals surface area (Å²) in [7, 11) is 0. The third kappa shape index (κ3) is 4.98. The van der Waals surface area contributed by atoms with Crippen LogP contribution < -0.4 is 0 Å². The number of aldehydes is 1. The molecule has 0 saturated carbocycles. The number of rotatable bonds is 9. The number of unbranched alkanes of at least 4 members (excludes halogenated alkanes) is 3. The third-order valence-corrected chi connectivity index (χ3v) is 3.51. The summed E-state index contributed by atoms with van der Waals surface area (Å²) in [6, 6.07) is 3.06. The third-order valence-electron chi connectivity index (χ3n) is 3.51. The van der Waals surface area contributed by atoms with Crippen LogP contribution in [0, 0.1) is 17.0 Å². The second kappa shape index (κ2) is 8.14. The summed E-state index contributed by atoms with van der Waals surface area (Å²) in [5.41, 5.74) is 1.57. The van der Waals surface area contributed by atoms with Crippen molar-refractivity contribution < 1.29 is 19.6 Å². The molecule has 0 amide bonds. The van der Waals surface area contributed by atoms with Gasteiger partial charge in [0.2, 0.25) is 0 Å². The lowest BCUT2D eigenvalue weighted by Crippen LogP contribution is -2.01. The van der Waals surface area contributed by atoms with Crippen molar-refractivity contribution in [1.82, 2.24) is 0 Å². The molecule has 0 aliphatic rings. The molecule has 0 saturated heterocycles. The summed E-state index contributed by atoms with van der Waals surface area (Å²) in [5, 5.41) is 19.4. The molecule has 0 fully saturated rings. The maximum Gasteiger partial charge on any atom is 0.303 e. The van der Waals surface area contributed by atoms with Gasteiger partial charge in [-0.25, -0.2) is 0 Å². The molecule has 6 heteroatoms. The molecule has 0 heterocycles. The van der Waals surface area contributed by atoms with E-state index in [1.54, 1.807) is 13.0 Å². The lowest BCUT2D eigenvalue weighted by Gasteiger charge is -2.08. The highest BCUT2D eigenvalue weighted by atomic mass is 16.6. The van der Waals surface area contributed by atoms with Crippen LogP contribution in [0.25, 0.3) is 0 Å². The quantitative estimate of drug-likeness (QED) is 0.326. The van der Waals surface area contributed by atoms with Crippen LogP contribution in [0.1, 0.15) is 53.6 Å². The van der Waals surface area contributed by atoms with Gasteiger partial charge in [-0.2, -0.15) is 0 Å². The van der Waals surface area contributed by atoms with E-state index in [-0.39, 0.29) is 17.7 Å². The SMILES string of the molecule is Cc1c(CCCCCCC(=O)O)ccc([N+](=O)[O-])c1C=O. The minimum absolute atomic E-state index is 0.142. The summed E-state index contributed by atoms with van der Waals surface area (Å²) in [4.78, 5) is 31.7. The molecule has 0 bridgehead atoms. The molecule has 1 aromatic rings. The fourth-order valence-electron chi connectivity index (χ4n) is 2.28. The Morgan fingerprint density at radius 3 is 2.52 bits per heavy atom. The fraction of sp³-hybridized carbons (Fsp3) is 0.467. The molecular weight excluding hydrogens is 274 g/mol. The second-order valence-electron chi connectivity index (χ2n) is 4.97. The summed E-state index contributed by atoms with van der Waals surface area (Å²) < 4.78 is 0. The summed E-state index contributed by atoms with van der Waals surface area (Å²) in [6.45, 7) is 1.72. The van der Waals surface area contributed by atoms with Gasteiger partial charge in [-0.1, -0.05) is 18.9 Å². The topological polar surface area (TPSA) is 97.5 Å². The fourth-order valence-corrected chi connectivity index (χ4v) is 2.28. The number of aliphatic carboxylic acids is 1. The zero-order valence-corrected chi connectivity index (χ0v) is 12.0. The highest BCUT2D eigenvalue weighted by molar-refractivity contribution is 5.84. The molecule has 1 rings (SSSR count). The molecule has 0 aliphatic carbocycles. The number of benzene rings is 1. The van der Waals surface area contributed by atoms with E-state index in [2.05, 4.69) is 0 Å². The van der Waals surface area contributed by atoms with Gasteiger partial charge in [0.25, 0.3) is 5.69 Å². The average molecular weight is 293 g/mol. The van der Waals surface area contributed by atoms with Gasteiger partial charge in [0.15, 0.2) is 6.29 Å². The van der Waals surface area contributed by atoms with E-state index >= 15 is 0 Å². The van der Waals surface area contributed by atoms with E-state index in [1.807, 2.05) is 0 Å². The van der Waals surface area contributed by atoms with E-state index in [0.717, 1.165) is 31.2 Å². The van der Waals surface area contributed by atoms with Crippen LogP contribution in [0.15, 0.2) is 12.1 Å². The Morgan fingerprint density at radius 2 is 1.95 bits per heavy atom. The minimum Gasteiger partial charge on any atom is -0.481 e. The van der Waals surface area contributed by atoms with Crippen molar-refractivity contribution in [2.75, 3.05) is 0 Å². The predicted molar refractivity (Wildman–Crippen MR) is 77.6 cm³/mol. The largest absolute Gasteiger partial charge is 0.481 e. The number of nitro benzene ring substituents is 1. The first kappa shape index (κ1) is 16.8. The number of carbonyl (C=O) groups is 2. The van der Waals surface area contributed by atoms with E-state index in [0.29, 0.717) is 18.3 Å². The molecule has 0 radical (unpaired) electrons. The zero-order chi connectivity index (χ0) is 15.8. The van der Waals surface area contributed by atoms with Crippen molar-refractivity contribution in [3.8, 4) is 0 Å². The first-order valence-corrected chi connectivity index (χ1v) is 6.91. The van der Waals surface area contributed by atoms with Crippen LogP contribution >= 0.6 is 0 Å². The van der Waals surface area contributed by atoms with Crippen molar-refractivity contribution in [1.29, 1.82) is 0 Å². The van der Waals surface area contributed by atoms with E-state index in [1.165, 1.54) is 6.07 Å². The van der Waals surface area contributed by atoms with Gasteiger partial charge in [-0.05, 0) is 37.3 Å². The van der Waals surface area contributed by atoms with Gasteiger partial charge in [-0.3, -0.25) is 19.7 Å². The Kier molecular flexibility index (Phi) is 6.52. The van der Waals surface area contributed by atoms with Gasteiger partial charge in [-0.15, -0.1) is 0 Å². The van der Waals surface area contributed by atoms with Gasteiger partial charge in [0.1, 0.15) is 0 Å². The average Bonchev–Trinajstić information content (AvgIpc) is 2.43. The molecule has 0 aliphatic heterocycles. The Labute approximate surface area is 122 Å². The van der Waals surface area contributed by atoms with Crippen LogP contribution in [0.2, 0.25) is 0 Å². The highest BCUT2D eigenvalue weighted by Crippen LogP contribution is 2.24. The lowest BCUT2D eigenvalue weighted by atomic mass is 9.96. The van der Waals surface area contributed by atoms with Gasteiger partial charge in [0.05, 0.1) is 10.5 Å². The van der Waals surface area contributed by atoms with Crippen molar-refractivity contribution in [2.24, 2.45) is 0 Å². The summed E-state index contributed by atoms with van der Waals surface area (Å²) in [5.74, 6) is -0.781. The second-order valence-corrected chi connectivity index (χ2v) is 4.97. The van der Waals surface area contributed by atoms with Crippen LogP contribution in [0.3, 0.4) is 0 Å². The summed E-state index contributed by atoms with van der Waals surface area (Å²) in [6.07, 6.45) is 4.73. The molecule has 21 heavy (non-hydrogen) atoms. The molecule has 1 N–H and O–H groups in total. The standard InChI is InChI=1S/C15H19NO5/c1-11-12(6-4-2-3-5-7-15(18)19)8-9-14(16(20)21)13(11)10-17/h8-10H,2-7H2,1H3,(H,18,19). The number of hydrogen-bond acceptors (Lipinski definition) is 4. The molecular formula is C15H19NO5. The maximum atomic E-state index is 11.0. The number of carboxylic acid groups (broad SMARTS) is 1. The summed E-state index contributed by atoms with van der Waals surface area (Å²) >= 11 is 0. The van der Waals surface area contributed by atoms with Crippen LogP contribution in [0.4, 0.5) is 5.69 Å². The smallest absolute Gasteiger partial charge is 0.303 e. The van der Waals surface area contributed by atoms with Gasteiger partial charge in [0, 0.05) is 12.5 Å². The van der Waals surface area contributed by atoms with Crippen molar-refractivity contribution in [3.63, 3.8) is 0 Å². The molecule has 0 spiro atoms. The van der Waals surface area contributed by atoms with Crippen molar-refractivity contribution in [3.05, 3.63) is 38.9 Å². The molecule has 1 aromatic carbocycles. The monoisotopic (exact) mass is 293 g/mol. The first-order chi connectivity index (χ1) is 9.97.